The van der Waals surface area contributed by atoms with Gasteiger partial charge in [0, 0.05) is 0 Å². The molecule has 0 nitrogen and oxygen atoms in total. The highest BCUT2D eigenvalue weighted by molar-refractivity contribution is 7.57. The van der Waals surface area contributed by atoms with Crippen molar-refractivity contribution >= 4 is 7.92 Å². The van der Waals surface area contributed by atoms with Crippen molar-refractivity contribution in [3.05, 3.63) is 0 Å². The predicted octanol–water partition coefficient (Wildman–Crippen LogP) is 10.7. The van der Waals surface area contributed by atoms with Gasteiger partial charge in [0.1, 0.15) is 0 Å². The largest absolute Gasteiger partial charge is 0.107 e. The van der Waals surface area contributed by atoms with Crippen molar-refractivity contribution in [1.82, 2.24) is 0 Å². The average Bonchev–Trinajstić information content (AvgIpc) is 2.71. The van der Waals surface area contributed by atoms with Crippen LogP contribution in [0.1, 0.15) is 156 Å². The zero-order chi connectivity index (χ0) is 20.5. The van der Waals surface area contributed by atoms with Gasteiger partial charge in [-0.25, -0.2) is 0 Å². The first-order valence-corrected chi connectivity index (χ1v) is 15.5. The molecule has 0 amide bonds. The third-order valence-electron chi connectivity index (χ3n) is 6.23. The van der Waals surface area contributed by atoms with E-state index in [0.29, 0.717) is 7.92 Å². The zero-order valence-corrected chi connectivity index (χ0v) is 21.3. The molecule has 0 saturated heterocycles. The SMILES string of the molecule is CCCCCCCCCCP(CCCCCCC)CCCCCCCCCC. The Balaban J connectivity index is 3.75. The van der Waals surface area contributed by atoms with Crippen molar-refractivity contribution in [2.75, 3.05) is 18.5 Å². The van der Waals surface area contributed by atoms with Crippen LogP contribution in [0.3, 0.4) is 0 Å². The van der Waals surface area contributed by atoms with Crippen LogP contribution in [0.25, 0.3) is 0 Å². The highest BCUT2D eigenvalue weighted by atomic mass is 31.1. The minimum atomic E-state index is 0.358. The summed E-state index contributed by atoms with van der Waals surface area (Å²) in [6.45, 7) is 6.96. The van der Waals surface area contributed by atoms with E-state index < -0.39 is 0 Å². The molecule has 0 N–H and O–H groups in total. The zero-order valence-electron chi connectivity index (χ0n) is 20.4. The third-order valence-corrected chi connectivity index (χ3v) is 9.08. The lowest BCUT2D eigenvalue weighted by molar-refractivity contribution is 0.583. The lowest BCUT2D eigenvalue weighted by Gasteiger charge is -2.18. The van der Waals surface area contributed by atoms with Crippen LogP contribution in [0.4, 0.5) is 0 Å². The molecule has 0 aromatic carbocycles. The van der Waals surface area contributed by atoms with Gasteiger partial charge in [0.15, 0.2) is 0 Å². The molecule has 0 spiro atoms. The second kappa shape index (κ2) is 25.5. The first kappa shape index (κ1) is 28.4. The smallest absolute Gasteiger partial charge is 0.0326 e. The van der Waals surface area contributed by atoms with E-state index in [9.17, 15) is 0 Å². The Morgan fingerprint density at radius 1 is 0.286 bits per heavy atom. The Hall–Kier alpha value is 0.430. The van der Waals surface area contributed by atoms with E-state index in [4.69, 9.17) is 0 Å². The van der Waals surface area contributed by atoms with E-state index in [1.807, 2.05) is 0 Å². The standard InChI is InChI=1S/C27H57P/c1-4-7-10-13-15-17-20-23-26-28(25-22-19-12-9-6-3)27-24-21-18-16-14-11-8-5-2/h4-27H2,1-3H3. The Morgan fingerprint density at radius 3 is 0.750 bits per heavy atom. The molecule has 0 aliphatic carbocycles. The number of hydrogen-bond acceptors (Lipinski definition) is 0. The second-order valence-electron chi connectivity index (χ2n) is 9.21. The van der Waals surface area contributed by atoms with Crippen molar-refractivity contribution in [3.63, 3.8) is 0 Å². The number of hydrogen-bond donors (Lipinski definition) is 0. The maximum Gasteiger partial charge on any atom is -0.0326 e. The molecule has 0 heterocycles. The van der Waals surface area contributed by atoms with Gasteiger partial charge in [-0.3, -0.25) is 0 Å². The summed E-state index contributed by atoms with van der Waals surface area (Å²) in [4.78, 5) is 0. The summed E-state index contributed by atoms with van der Waals surface area (Å²) in [5, 5.41) is 0. The van der Waals surface area contributed by atoms with Gasteiger partial charge in [0.25, 0.3) is 0 Å². The Labute approximate surface area is 182 Å². The first-order valence-electron chi connectivity index (χ1n) is 13.6. The highest BCUT2D eigenvalue weighted by Crippen LogP contribution is 2.39. The molecule has 170 valence electrons. The van der Waals surface area contributed by atoms with E-state index in [-0.39, 0.29) is 0 Å². The van der Waals surface area contributed by atoms with Crippen LogP contribution in [0.2, 0.25) is 0 Å². The fraction of sp³-hybridized carbons (Fsp3) is 1.00. The average molecular weight is 413 g/mol. The van der Waals surface area contributed by atoms with Crippen LogP contribution in [-0.2, 0) is 0 Å². The molecule has 28 heavy (non-hydrogen) atoms. The van der Waals surface area contributed by atoms with E-state index in [2.05, 4.69) is 20.8 Å². The van der Waals surface area contributed by atoms with Crippen molar-refractivity contribution in [3.8, 4) is 0 Å². The van der Waals surface area contributed by atoms with Crippen LogP contribution >= 0.6 is 7.92 Å². The van der Waals surface area contributed by atoms with Gasteiger partial charge in [-0.2, -0.15) is 0 Å². The number of unbranched alkanes of at least 4 members (excludes halogenated alkanes) is 18. The lowest BCUT2D eigenvalue weighted by Crippen LogP contribution is -1.97. The minimum absolute atomic E-state index is 0.358. The molecule has 0 bridgehead atoms. The van der Waals surface area contributed by atoms with Gasteiger partial charge in [-0.05, 0) is 37.7 Å². The van der Waals surface area contributed by atoms with Crippen molar-refractivity contribution in [2.45, 2.75) is 156 Å². The maximum absolute atomic E-state index is 2.33. The van der Waals surface area contributed by atoms with Gasteiger partial charge >= 0.3 is 0 Å². The molecule has 1 heteroatoms. The molecule has 0 fully saturated rings. The topological polar surface area (TPSA) is 0 Å². The second-order valence-corrected chi connectivity index (χ2v) is 11.9. The quantitative estimate of drug-likeness (QED) is 0.109. The summed E-state index contributed by atoms with van der Waals surface area (Å²) in [6.07, 6.45) is 35.8. The summed E-state index contributed by atoms with van der Waals surface area (Å²) in [7, 11) is 0.358. The normalized spacial score (nSPS) is 11.6. The summed E-state index contributed by atoms with van der Waals surface area (Å²) >= 11 is 0. The number of rotatable bonds is 24. The van der Waals surface area contributed by atoms with E-state index in [1.54, 1.807) is 18.5 Å². The van der Waals surface area contributed by atoms with Crippen molar-refractivity contribution in [2.24, 2.45) is 0 Å². The van der Waals surface area contributed by atoms with Gasteiger partial charge in [-0.1, -0.05) is 136 Å². The first-order chi connectivity index (χ1) is 13.8. The van der Waals surface area contributed by atoms with Gasteiger partial charge in [0.2, 0.25) is 0 Å². The molecule has 0 saturated carbocycles. The predicted molar refractivity (Wildman–Crippen MR) is 136 cm³/mol. The molecule has 0 radical (unpaired) electrons. The van der Waals surface area contributed by atoms with Gasteiger partial charge in [0.05, 0.1) is 0 Å². The molecule has 0 unspecified atom stereocenters. The summed E-state index contributed by atoms with van der Waals surface area (Å²) in [5.74, 6) is 0. The Bertz CT molecular complexity index is 243. The van der Waals surface area contributed by atoms with E-state index >= 15 is 0 Å². The summed E-state index contributed by atoms with van der Waals surface area (Å²) in [6, 6.07) is 0. The van der Waals surface area contributed by atoms with Crippen LogP contribution < -0.4 is 0 Å². The molecule has 0 rings (SSSR count). The monoisotopic (exact) mass is 412 g/mol. The highest BCUT2D eigenvalue weighted by Gasteiger charge is 2.08. The fourth-order valence-corrected chi connectivity index (χ4v) is 6.90. The van der Waals surface area contributed by atoms with Gasteiger partial charge < -0.3 is 0 Å². The molecule has 0 aliphatic rings. The molecular formula is C27H57P. The van der Waals surface area contributed by atoms with Crippen LogP contribution in [0, 0.1) is 0 Å². The van der Waals surface area contributed by atoms with Crippen LogP contribution in [0.15, 0.2) is 0 Å². The molecule has 0 aromatic rings. The van der Waals surface area contributed by atoms with Crippen LogP contribution in [-0.4, -0.2) is 18.5 Å². The van der Waals surface area contributed by atoms with Crippen molar-refractivity contribution < 1.29 is 0 Å². The maximum atomic E-state index is 2.33. The lowest BCUT2D eigenvalue weighted by atomic mass is 10.1. The Kier molecular flexibility index (Phi) is 25.9. The third kappa shape index (κ3) is 22.7. The molecule has 0 atom stereocenters. The van der Waals surface area contributed by atoms with Crippen molar-refractivity contribution in [1.29, 1.82) is 0 Å². The minimum Gasteiger partial charge on any atom is -0.107 e. The fourth-order valence-electron chi connectivity index (χ4n) is 4.21. The molecule has 0 aromatic heterocycles. The molecular weight excluding hydrogens is 355 g/mol. The van der Waals surface area contributed by atoms with Gasteiger partial charge in [-0.15, -0.1) is 7.92 Å². The Morgan fingerprint density at radius 2 is 0.500 bits per heavy atom. The summed E-state index contributed by atoms with van der Waals surface area (Å²) in [5.41, 5.74) is 0. The molecule has 0 aliphatic heterocycles. The van der Waals surface area contributed by atoms with Crippen LogP contribution in [0.5, 0.6) is 0 Å². The van der Waals surface area contributed by atoms with E-state index in [1.165, 1.54) is 135 Å². The summed E-state index contributed by atoms with van der Waals surface area (Å²) < 4.78 is 0. The van der Waals surface area contributed by atoms with E-state index in [0.717, 1.165) is 0 Å².